The van der Waals surface area contributed by atoms with Crippen LogP contribution in [0.5, 0.6) is 0 Å². The van der Waals surface area contributed by atoms with Crippen LogP contribution in [0.25, 0.3) is 0 Å². The fraction of sp³-hybridized carbons (Fsp3) is 0.750. The smallest absolute Gasteiger partial charge is 0.192 e. The van der Waals surface area contributed by atoms with Crippen LogP contribution in [0, 0.1) is 0 Å². The van der Waals surface area contributed by atoms with Gasteiger partial charge in [-0.2, -0.15) is 0 Å². The Morgan fingerprint density at radius 1 is 1.39 bits per heavy atom. The molecule has 1 atom stereocenters. The molecule has 0 radical (unpaired) electrons. The van der Waals surface area contributed by atoms with Crippen molar-refractivity contribution in [3.8, 4) is 0 Å². The number of aliphatic hydroxyl groups excluding tert-OH is 1. The van der Waals surface area contributed by atoms with Crippen molar-refractivity contribution in [1.29, 1.82) is 0 Å². The van der Waals surface area contributed by atoms with Crippen LogP contribution in [0.2, 0.25) is 0 Å². The van der Waals surface area contributed by atoms with Crippen LogP contribution in [0.3, 0.4) is 0 Å². The summed E-state index contributed by atoms with van der Waals surface area (Å²) < 4.78 is 5.15. The van der Waals surface area contributed by atoms with E-state index in [1.54, 1.807) is 6.20 Å². The number of nitrogens with zero attached hydrogens (tertiary/aromatic N) is 3. The summed E-state index contributed by atoms with van der Waals surface area (Å²) in [7, 11) is 4.11. The molecule has 0 aliphatic carbocycles. The third-order valence-electron chi connectivity index (χ3n) is 2.55. The summed E-state index contributed by atoms with van der Waals surface area (Å²) in [5.74, 6) is 0. The highest BCUT2D eigenvalue weighted by atomic mass is 32.1. The second kappa shape index (κ2) is 7.68. The summed E-state index contributed by atoms with van der Waals surface area (Å²) in [5, 5.41) is 10.7. The van der Waals surface area contributed by atoms with E-state index in [1.165, 1.54) is 11.3 Å². The lowest BCUT2D eigenvalue weighted by Crippen LogP contribution is -2.31. The molecule has 0 bridgehead atoms. The Kier molecular flexibility index (Phi) is 6.56. The minimum absolute atomic E-state index is 0.493. The average Bonchev–Trinajstić information content (AvgIpc) is 2.79. The molecule has 5 nitrogen and oxygen atoms in total. The zero-order chi connectivity index (χ0) is 13.5. The minimum Gasteiger partial charge on any atom is -0.364 e. The van der Waals surface area contributed by atoms with Gasteiger partial charge in [0.1, 0.15) is 0 Å². The molecule has 104 valence electrons. The molecule has 1 unspecified atom stereocenters. The van der Waals surface area contributed by atoms with Crippen molar-refractivity contribution >= 4 is 16.5 Å². The third kappa shape index (κ3) is 4.53. The van der Waals surface area contributed by atoms with Gasteiger partial charge in [0.15, 0.2) is 11.4 Å². The molecule has 0 spiro atoms. The van der Waals surface area contributed by atoms with E-state index in [0.29, 0.717) is 6.61 Å². The lowest BCUT2D eigenvalue weighted by atomic mass is 10.5. The van der Waals surface area contributed by atoms with E-state index in [2.05, 4.69) is 35.8 Å². The van der Waals surface area contributed by atoms with E-state index >= 15 is 0 Å². The number of aliphatic hydroxyl groups is 1. The standard InChI is InChI=1S/C12H23N3O2S/c1-5-15(8-7-14(3)4)12-13-9-10(18-12)11(16)17-6-2/h9,11,16H,5-8H2,1-4H3. The van der Waals surface area contributed by atoms with Crippen molar-refractivity contribution in [3.05, 3.63) is 11.1 Å². The number of anilines is 1. The Hall–Kier alpha value is -0.690. The van der Waals surface area contributed by atoms with Crippen LogP contribution < -0.4 is 4.90 Å². The maximum Gasteiger partial charge on any atom is 0.192 e. The van der Waals surface area contributed by atoms with E-state index < -0.39 is 6.29 Å². The second-order valence-electron chi connectivity index (χ2n) is 4.24. The topological polar surface area (TPSA) is 48.8 Å². The van der Waals surface area contributed by atoms with Crippen molar-refractivity contribution < 1.29 is 9.84 Å². The second-order valence-corrected chi connectivity index (χ2v) is 5.28. The Labute approximate surface area is 113 Å². The Bertz CT molecular complexity index is 344. The van der Waals surface area contributed by atoms with Gasteiger partial charge >= 0.3 is 0 Å². The average molecular weight is 273 g/mol. The van der Waals surface area contributed by atoms with Gasteiger partial charge < -0.3 is 19.6 Å². The monoisotopic (exact) mass is 273 g/mol. The lowest BCUT2D eigenvalue weighted by Gasteiger charge is -2.21. The Balaban J connectivity index is 2.63. The van der Waals surface area contributed by atoms with E-state index in [0.717, 1.165) is 29.6 Å². The molecule has 0 aromatic carbocycles. The Morgan fingerprint density at radius 3 is 2.67 bits per heavy atom. The number of aromatic nitrogens is 1. The van der Waals surface area contributed by atoms with Gasteiger partial charge in [0, 0.05) is 32.4 Å². The van der Waals surface area contributed by atoms with E-state index in [9.17, 15) is 5.11 Å². The molecule has 6 heteroatoms. The molecule has 0 saturated heterocycles. The summed E-state index contributed by atoms with van der Waals surface area (Å²) in [4.78, 5) is 9.46. The first kappa shape index (κ1) is 15.4. The maximum atomic E-state index is 9.73. The largest absolute Gasteiger partial charge is 0.364 e. The van der Waals surface area contributed by atoms with Crippen molar-refractivity contribution in [2.24, 2.45) is 0 Å². The zero-order valence-corrected chi connectivity index (χ0v) is 12.4. The summed E-state index contributed by atoms with van der Waals surface area (Å²) in [5.41, 5.74) is 0. The van der Waals surface area contributed by atoms with Crippen molar-refractivity contribution in [2.75, 3.05) is 45.2 Å². The Morgan fingerprint density at radius 2 is 2.11 bits per heavy atom. The van der Waals surface area contributed by atoms with Crippen LogP contribution in [0.15, 0.2) is 6.20 Å². The van der Waals surface area contributed by atoms with Crippen LogP contribution in [0.4, 0.5) is 5.13 Å². The molecule has 0 saturated carbocycles. The molecule has 0 fully saturated rings. The van der Waals surface area contributed by atoms with E-state index in [4.69, 9.17) is 4.74 Å². The number of hydrogen-bond donors (Lipinski definition) is 1. The van der Waals surface area contributed by atoms with Gasteiger partial charge in [0.2, 0.25) is 0 Å². The van der Waals surface area contributed by atoms with Crippen molar-refractivity contribution in [1.82, 2.24) is 9.88 Å². The van der Waals surface area contributed by atoms with Crippen molar-refractivity contribution in [3.63, 3.8) is 0 Å². The predicted octanol–water partition coefficient (Wildman–Crippen LogP) is 1.56. The molecule has 1 N–H and O–H groups in total. The summed E-state index contributed by atoms with van der Waals surface area (Å²) in [6.45, 7) is 7.28. The summed E-state index contributed by atoms with van der Waals surface area (Å²) in [6, 6.07) is 0. The highest BCUT2D eigenvalue weighted by Crippen LogP contribution is 2.27. The van der Waals surface area contributed by atoms with Gasteiger partial charge in [-0.05, 0) is 27.9 Å². The highest BCUT2D eigenvalue weighted by Gasteiger charge is 2.14. The predicted molar refractivity (Wildman–Crippen MR) is 75.1 cm³/mol. The van der Waals surface area contributed by atoms with Crippen LogP contribution in [-0.4, -0.2) is 55.3 Å². The van der Waals surface area contributed by atoms with Gasteiger partial charge in [-0.15, -0.1) is 0 Å². The lowest BCUT2D eigenvalue weighted by molar-refractivity contribution is -0.0956. The fourth-order valence-electron chi connectivity index (χ4n) is 1.49. The molecule has 0 aliphatic rings. The zero-order valence-electron chi connectivity index (χ0n) is 11.6. The minimum atomic E-state index is -0.853. The SMILES string of the molecule is CCOC(O)c1cnc(N(CC)CCN(C)C)s1. The molecule has 0 aliphatic heterocycles. The van der Waals surface area contributed by atoms with E-state index in [-0.39, 0.29) is 0 Å². The number of rotatable bonds is 8. The molecule has 1 rings (SSSR count). The molecule has 18 heavy (non-hydrogen) atoms. The van der Waals surface area contributed by atoms with Crippen LogP contribution in [0.1, 0.15) is 25.0 Å². The highest BCUT2D eigenvalue weighted by molar-refractivity contribution is 7.15. The molecular weight excluding hydrogens is 250 g/mol. The molecular formula is C12H23N3O2S. The van der Waals surface area contributed by atoms with Crippen LogP contribution >= 0.6 is 11.3 Å². The summed E-state index contributed by atoms with van der Waals surface area (Å²) >= 11 is 1.49. The summed E-state index contributed by atoms with van der Waals surface area (Å²) in [6.07, 6.45) is 0.840. The van der Waals surface area contributed by atoms with Gasteiger partial charge in [-0.25, -0.2) is 4.98 Å². The number of likely N-dealkylation sites (N-methyl/N-ethyl adjacent to an activating group) is 2. The first-order valence-electron chi connectivity index (χ1n) is 6.23. The maximum absolute atomic E-state index is 9.73. The first-order chi connectivity index (χ1) is 8.58. The molecule has 0 amide bonds. The van der Waals surface area contributed by atoms with Gasteiger partial charge in [0.05, 0.1) is 4.88 Å². The third-order valence-corrected chi connectivity index (χ3v) is 3.64. The quantitative estimate of drug-likeness (QED) is 0.728. The van der Waals surface area contributed by atoms with Gasteiger partial charge in [0.25, 0.3) is 0 Å². The normalized spacial score (nSPS) is 13.0. The molecule has 1 aromatic heterocycles. The number of hydrogen-bond acceptors (Lipinski definition) is 6. The number of ether oxygens (including phenoxy) is 1. The van der Waals surface area contributed by atoms with Gasteiger partial charge in [-0.3, -0.25) is 0 Å². The molecule has 1 aromatic rings. The van der Waals surface area contributed by atoms with Crippen LogP contribution in [-0.2, 0) is 4.74 Å². The van der Waals surface area contributed by atoms with Crippen molar-refractivity contribution in [2.45, 2.75) is 20.1 Å². The fourth-order valence-corrected chi connectivity index (χ4v) is 2.43. The van der Waals surface area contributed by atoms with E-state index in [1.807, 2.05) is 6.92 Å². The molecule has 1 heterocycles. The number of thiazole rings is 1. The first-order valence-corrected chi connectivity index (χ1v) is 7.05. The van der Waals surface area contributed by atoms with Gasteiger partial charge in [-0.1, -0.05) is 11.3 Å².